The molecule has 3 heterocycles. The third kappa shape index (κ3) is 2.15. The van der Waals surface area contributed by atoms with Crippen molar-refractivity contribution in [1.29, 1.82) is 0 Å². The van der Waals surface area contributed by atoms with Crippen LogP contribution >= 0.6 is 0 Å². The van der Waals surface area contributed by atoms with Gasteiger partial charge in [-0.2, -0.15) is 0 Å². The van der Waals surface area contributed by atoms with Crippen molar-refractivity contribution in [3.63, 3.8) is 0 Å². The Labute approximate surface area is 127 Å². The Kier molecular flexibility index (Phi) is 2.93. The van der Waals surface area contributed by atoms with E-state index in [4.69, 9.17) is 4.74 Å². The maximum Gasteiger partial charge on any atom is 0.144 e. The van der Waals surface area contributed by atoms with Gasteiger partial charge in [-0.25, -0.2) is 4.99 Å². The van der Waals surface area contributed by atoms with E-state index in [1.165, 1.54) is 0 Å². The summed E-state index contributed by atoms with van der Waals surface area (Å²) in [4.78, 5) is 11.2. The number of hydrogen-bond acceptors (Lipinski definition) is 2. The maximum atomic E-state index is 5.47. The van der Waals surface area contributed by atoms with E-state index in [-0.39, 0.29) is 0 Å². The Hall–Kier alpha value is -3.01. The molecule has 0 spiro atoms. The molecule has 2 aromatic heterocycles. The molecule has 0 saturated carbocycles. The lowest BCUT2D eigenvalue weighted by atomic mass is 10.2. The van der Waals surface area contributed by atoms with Crippen LogP contribution in [0.5, 0.6) is 5.75 Å². The maximum absolute atomic E-state index is 5.47. The summed E-state index contributed by atoms with van der Waals surface area (Å²) in [5.74, 6) is 0.802. The van der Waals surface area contributed by atoms with E-state index in [2.05, 4.69) is 27.1 Å². The van der Waals surface area contributed by atoms with Crippen molar-refractivity contribution < 1.29 is 4.74 Å². The number of benzene rings is 1. The van der Waals surface area contributed by atoms with Gasteiger partial charge in [0, 0.05) is 17.5 Å². The molecular formula is C18H15N3O. The van der Waals surface area contributed by atoms with Crippen molar-refractivity contribution in [3.05, 3.63) is 70.6 Å². The van der Waals surface area contributed by atoms with Gasteiger partial charge in [0.25, 0.3) is 0 Å². The Morgan fingerprint density at radius 2 is 2.00 bits per heavy atom. The van der Waals surface area contributed by atoms with Crippen LogP contribution in [-0.4, -0.2) is 17.1 Å². The number of ether oxygens (including phenoxy) is 1. The molecule has 3 aromatic rings. The first-order valence-corrected chi connectivity index (χ1v) is 7.11. The van der Waals surface area contributed by atoms with Crippen molar-refractivity contribution in [3.8, 4) is 17.1 Å². The van der Waals surface area contributed by atoms with Gasteiger partial charge in [0.15, 0.2) is 0 Å². The highest BCUT2D eigenvalue weighted by atomic mass is 16.5. The van der Waals surface area contributed by atoms with Gasteiger partial charge in [0.2, 0.25) is 0 Å². The van der Waals surface area contributed by atoms with Gasteiger partial charge < -0.3 is 14.7 Å². The number of nitrogens with zero attached hydrogens (tertiary/aromatic N) is 1. The number of para-hydroxylation sites is 1. The molecule has 0 saturated heterocycles. The van der Waals surface area contributed by atoms with Crippen molar-refractivity contribution in [2.45, 2.75) is 0 Å². The van der Waals surface area contributed by atoms with Crippen LogP contribution in [0.25, 0.3) is 23.5 Å². The summed E-state index contributed by atoms with van der Waals surface area (Å²) in [5.41, 5.74) is 3.84. The van der Waals surface area contributed by atoms with Crippen LogP contribution in [0.1, 0.15) is 5.69 Å². The lowest BCUT2D eigenvalue weighted by Gasteiger charge is -1.97. The van der Waals surface area contributed by atoms with Gasteiger partial charge in [-0.3, -0.25) is 0 Å². The summed E-state index contributed by atoms with van der Waals surface area (Å²) in [6, 6.07) is 14.1. The number of allylic oxidation sites excluding steroid dienone is 1. The average Bonchev–Trinajstić information content (AvgIpc) is 3.26. The predicted octanol–water partition coefficient (Wildman–Crippen LogP) is 2.47. The zero-order valence-corrected chi connectivity index (χ0v) is 12.1. The first kappa shape index (κ1) is 12.7. The van der Waals surface area contributed by atoms with Crippen molar-refractivity contribution in [2.75, 3.05) is 7.11 Å². The van der Waals surface area contributed by atoms with Crippen LogP contribution in [0.2, 0.25) is 0 Å². The van der Waals surface area contributed by atoms with Crippen LogP contribution in [0, 0.1) is 0 Å². The molecule has 22 heavy (non-hydrogen) atoms. The molecule has 1 aliphatic rings. The molecule has 108 valence electrons. The molecule has 0 atom stereocenters. The number of methoxy groups -OCH3 is 1. The van der Waals surface area contributed by atoms with Crippen LogP contribution < -0.4 is 15.3 Å². The Morgan fingerprint density at radius 3 is 2.77 bits per heavy atom. The third-order valence-electron chi connectivity index (χ3n) is 3.70. The third-order valence-corrected chi connectivity index (χ3v) is 3.70. The number of rotatable bonds is 3. The number of fused-ring (bicyclic) bond motifs is 1. The topological polar surface area (TPSA) is 53.2 Å². The van der Waals surface area contributed by atoms with E-state index in [9.17, 15) is 0 Å². The van der Waals surface area contributed by atoms with E-state index in [0.717, 1.165) is 39.1 Å². The molecular weight excluding hydrogens is 274 g/mol. The summed E-state index contributed by atoms with van der Waals surface area (Å²) >= 11 is 0. The minimum atomic E-state index is 0.802. The van der Waals surface area contributed by atoms with Crippen molar-refractivity contribution in [2.24, 2.45) is 4.99 Å². The summed E-state index contributed by atoms with van der Waals surface area (Å²) in [7, 11) is 1.67. The predicted molar refractivity (Wildman–Crippen MR) is 86.8 cm³/mol. The summed E-state index contributed by atoms with van der Waals surface area (Å²) in [6.45, 7) is 0. The molecule has 0 radical (unpaired) electrons. The first-order chi connectivity index (χ1) is 10.8. The second kappa shape index (κ2) is 5.07. The number of aromatic amines is 2. The number of aromatic nitrogens is 2. The minimum absolute atomic E-state index is 0.802. The molecule has 1 aromatic carbocycles. The van der Waals surface area contributed by atoms with E-state index in [1.807, 2.05) is 48.7 Å². The van der Waals surface area contributed by atoms with Crippen molar-refractivity contribution in [1.82, 2.24) is 9.97 Å². The van der Waals surface area contributed by atoms with Gasteiger partial charge in [-0.15, -0.1) is 0 Å². The van der Waals surface area contributed by atoms with E-state index in [1.54, 1.807) is 7.11 Å². The van der Waals surface area contributed by atoms with Crippen LogP contribution in [0.3, 0.4) is 0 Å². The Morgan fingerprint density at radius 1 is 1.09 bits per heavy atom. The molecule has 2 N–H and O–H groups in total. The van der Waals surface area contributed by atoms with Gasteiger partial charge in [0.05, 0.1) is 35.2 Å². The fourth-order valence-corrected chi connectivity index (χ4v) is 2.63. The smallest absolute Gasteiger partial charge is 0.144 e. The van der Waals surface area contributed by atoms with E-state index in [0.29, 0.717) is 0 Å². The highest BCUT2D eigenvalue weighted by molar-refractivity contribution is 5.71. The molecule has 4 rings (SSSR count). The Balaban J connectivity index is 1.78. The summed E-state index contributed by atoms with van der Waals surface area (Å²) in [6.07, 6.45) is 5.98. The van der Waals surface area contributed by atoms with Crippen molar-refractivity contribution >= 4 is 12.2 Å². The zero-order chi connectivity index (χ0) is 14.9. The molecule has 0 amide bonds. The Bertz CT molecular complexity index is 925. The molecule has 4 heteroatoms. The van der Waals surface area contributed by atoms with E-state index < -0.39 is 0 Å². The average molecular weight is 289 g/mol. The fraction of sp³-hybridized carbons (Fsp3) is 0.0556. The lowest BCUT2D eigenvalue weighted by Crippen LogP contribution is -2.19. The summed E-state index contributed by atoms with van der Waals surface area (Å²) in [5, 5.41) is 2.15. The zero-order valence-electron chi connectivity index (χ0n) is 12.1. The lowest BCUT2D eigenvalue weighted by molar-refractivity contribution is 0.414. The van der Waals surface area contributed by atoms with Crippen LogP contribution in [0.4, 0.5) is 0 Å². The fourth-order valence-electron chi connectivity index (χ4n) is 2.63. The second-order valence-electron chi connectivity index (χ2n) is 5.13. The molecule has 0 bridgehead atoms. The highest BCUT2D eigenvalue weighted by Gasteiger charge is 2.10. The quantitative estimate of drug-likeness (QED) is 0.764. The van der Waals surface area contributed by atoms with E-state index >= 15 is 0 Å². The van der Waals surface area contributed by atoms with Gasteiger partial charge >= 0.3 is 0 Å². The molecule has 0 unspecified atom stereocenters. The first-order valence-electron chi connectivity index (χ1n) is 7.11. The minimum Gasteiger partial charge on any atom is -0.494 e. The number of nitrogens with one attached hydrogen (secondary N) is 2. The molecule has 4 nitrogen and oxygen atoms in total. The highest BCUT2D eigenvalue weighted by Crippen LogP contribution is 2.28. The van der Waals surface area contributed by atoms with Gasteiger partial charge in [-0.1, -0.05) is 18.2 Å². The van der Waals surface area contributed by atoms with Gasteiger partial charge in [0.1, 0.15) is 5.75 Å². The van der Waals surface area contributed by atoms with Crippen LogP contribution in [0.15, 0.2) is 59.4 Å². The largest absolute Gasteiger partial charge is 0.494 e. The molecule has 0 aliphatic carbocycles. The van der Waals surface area contributed by atoms with Gasteiger partial charge in [-0.05, 0) is 30.4 Å². The molecule has 1 aliphatic heterocycles. The van der Waals surface area contributed by atoms with Crippen LogP contribution in [-0.2, 0) is 0 Å². The number of H-pyrrole nitrogens is 2. The number of hydrogen-bond donors (Lipinski definition) is 2. The monoisotopic (exact) mass is 289 g/mol. The second-order valence-corrected chi connectivity index (χ2v) is 5.13. The SMILES string of the molecule is COc1cc(-c2ccc[nH]2)[nH]c1C=C1C=c2ccccc2=N1. The summed E-state index contributed by atoms with van der Waals surface area (Å²) < 4.78 is 5.47. The standard InChI is InChI=1S/C18H15N3O/c1-22-18-11-16(15-7-4-8-19-15)21-17(18)10-13-9-12-5-2-3-6-14(12)20-13/h2-11,19,21H,1H3. The normalized spacial score (nSPS) is 14.5. The molecule has 0 fully saturated rings.